The molecule has 0 aliphatic rings. The van der Waals surface area contributed by atoms with Gasteiger partial charge in [0.1, 0.15) is 11.6 Å². The molecule has 6 aromatic rings. The highest BCUT2D eigenvalue weighted by Gasteiger charge is 2.15. The van der Waals surface area contributed by atoms with Gasteiger partial charge in [-0.15, -0.1) is 0 Å². The summed E-state index contributed by atoms with van der Waals surface area (Å²) in [6, 6.07) is 20.0. The minimum atomic E-state index is -0.440. The maximum atomic E-state index is 11.1. The Balaban J connectivity index is 0.989. The van der Waals surface area contributed by atoms with Crippen molar-refractivity contribution in [2.75, 3.05) is 27.4 Å². The molecule has 0 spiro atoms. The first-order chi connectivity index (χ1) is 22.8. The molecule has 0 atom stereocenters. The summed E-state index contributed by atoms with van der Waals surface area (Å²) in [6.07, 6.45) is 2.48. The van der Waals surface area contributed by atoms with Crippen molar-refractivity contribution in [2.45, 2.75) is 19.3 Å². The standard InChI is InChI=1S/C33H30N6O8/c1-44-30-16-20(32-34-24-10-8-22(38(40)41)18-26(24)36-32)6-12-28(30)46-14-4-3-5-15-47-29-13-7-21(17-31(29)45-2)33-35-25-11-9-23(39(42)43)19-27(25)37-33/h6-13,16-19H,3-5,14-15H2,1-2H3,(H,34,36)(H,35,37). The number of hydrogen-bond donors (Lipinski definition) is 2. The van der Waals surface area contributed by atoms with Gasteiger partial charge in [-0.25, -0.2) is 9.97 Å². The average Bonchev–Trinajstić information content (AvgIpc) is 3.71. The number of nitro groups is 2. The molecule has 2 aromatic heterocycles. The lowest BCUT2D eigenvalue weighted by molar-refractivity contribution is -0.384. The Hall–Kier alpha value is -6.18. The molecular formula is C33H30N6O8. The molecule has 2 N–H and O–H groups in total. The van der Waals surface area contributed by atoms with Crippen LogP contribution in [0.25, 0.3) is 44.8 Å². The number of nitrogens with zero attached hydrogens (tertiary/aromatic N) is 4. The predicted octanol–water partition coefficient (Wildman–Crippen LogP) is 7.23. The maximum Gasteiger partial charge on any atom is 0.271 e. The molecule has 0 unspecified atom stereocenters. The van der Waals surface area contributed by atoms with Crippen LogP contribution in [0.15, 0.2) is 72.8 Å². The van der Waals surface area contributed by atoms with E-state index < -0.39 is 9.85 Å². The zero-order chi connectivity index (χ0) is 32.9. The van der Waals surface area contributed by atoms with Gasteiger partial charge in [0.15, 0.2) is 23.0 Å². The van der Waals surface area contributed by atoms with Gasteiger partial charge in [-0.05, 0) is 67.8 Å². The Kier molecular flexibility index (Phi) is 8.82. The number of nitro benzene ring substituents is 2. The molecule has 14 nitrogen and oxygen atoms in total. The summed E-state index contributed by atoms with van der Waals surface area (Å²) in [7, 11) is 3.13. The summed E-state index contributed by atoms with van der Waals surface area (Å²) in [4.78, 5) is 36.7. The normalized spacial score (nSPS) is 11.1. The van der Waals surface area contributed by atoms with Crippen molar-refractivity contribution in [2.24, 2.45) is 0 Å². The Morgan fingerprint density at radius 3 is 1.45 bits per heavy atom. The van der Waals surface area contributed by atoms with Crippen LogP contribution in [-0.4, -0.2) is 57.2 Å². The fourth-order valence-corrected chi connectivity index (χ4v) is 5.11. The van der Waals surface area contributed by atoms with Gasteiger partial charge in [0.05, 0.1) is 59.3 Å². The van der Waals surface area contributed by atoms with E-state index in [0.717, 1.165) is 30.4 Å². The molecule has 4 aromatic carbocycles. The SMILES string of the molecule is COc1cc(-c2nc3ccc([N+](=O)[O-])cc3[nH]2)ccc1OCCCCCOc1ccc(-c2nc3ccc([N+](=O)[O-])cc3[nH]2)cc1OC. The third-order valence-electron chi connectivity index (χ3n) is 7.53. The van der Waals surface area contributed by atoms with Gasteiger partial charge in [0, 0.05) is 35.4 Å². The lowest BCUT2D eigenvalue weighted by Crippen LogP contribution is -2.03. The molecule has 0 amide bonds. The number of fused-ring (bicyclic) bond motifs is 2. The smallest absolute Gasteiger partial charge is 0.271 e. The molecule has 2 heterocycles. The first kappa shape index (κ1) is 30.8. The second-order valence-corrected chi connectivity index (χ2v) is 10.6. The van der Waals surface area contributed by atoms with Crippen molar-refractivity contribution in [1.82, 2.24) is 19.9 Å². The number of non-ortho nitro benzene ring substituents is 2. The number of methoxy groups -OCH3 is 2. The second kappa shape index (κ2) is 13.4. The molecule has 0 saturated carbocycles. The monoisotopic (exact) mass is 638 g/mol. The van der Waals surface area contributed by atoms with Crippen molar-refractivity contribution >= 4 is 33.4 Å². The van der Waals surface area contributed by atoms with E-state index in [1.165, 1.54) is 24.3 Å². The predicted molar refractivity (Wildman–Crippen MR) is 174 cm³/mol. The Morgan fingerprint density at radius 2 is 1.04 bits per heavy atom. The van der Waals surface area contributed by atoms with Crippen LogP contribution in [0.1, 0.15) is 19.3 Å². The van der Waals surface area contributed by atoms with E-state index >= 15 is 0 Å². The lowest BCUT2D eigenvalue weighted by atomic mass is 10.2. The number of unbranched alkanes of at least 4 members (excludes halogenated alkanes) is 2. The summed E-state index contributed by atoms with van der Waals surface area (Å²) >= 11 is 0. The number of nitrogens with one attached hydrogen (secondary N) is 2. The third kappa shape index (κ3) is 6.76. The van der Waals surface area contributed by atoms with Crippen molar-refractivity contribution in [3.8, 4) is 45.8 Å². The van der Waals surface area contributed by atoms with Gasteiger partial charge in [-0.3, -0.25) is 20.2 Å². The Labute approximate surface area is 267 Å². The molecule has 0 radical (unpaired) electrons. The molecular weight excluding hydrogens is 608 g/mol. The largest absolute Gasteiger partial charge is 0.493 e. The number of imidazole rings is 2. The third-order valence-corrected chi connectivity index (χ3v) is 7.53. The van der Waals surface area contributed by atoms with E-state index in [4.69, 9.17) is 18.9 Å². The number of aromatic nitrogens is 4. The molecule has 6 rings (SSSR count). The van der Waals surface area contributed by atoms with Crippen molar-refractivity contribution in [3.05, 3.63) is 93.0 Å². The van der Waals surface area contributed by atoms with Gasteiger partial charge >= 0.3 is 0 Å². The Bertz CT molecular complexity index is 1940. The van der Waals surface area contributed by atoms with Gasteiger partial charge in [0.25, 0.3) is 11.4 Å². The molecule has 0 aliphatic heterocycles. The van der Waals surface area contributed by atoms with E-state index in [1.54, 1.807) is 26.4 Å². The summed E-state index contributed by atoms with van der Waals surface area (Å²) in [5.74, 6) is 3.45. The van der Waals surface area contributed by atoms with Crippen molar-refractivity contribution in [1.29, 1.82) is 0 Å². The van der Waals surface area contributed by atoms with E-state index in [9.17, 15) is 20.2 Å². The molecule has 240 valence electrons. The number of H-pyrrole nitrogens is 2. The lowest BCUT2D eigenvalue weighted by Gasteiger charge is -2.13. The van der Waals surface area contributed by atoms with Gasteiger partial charge in [0.2, 0.25) is 0 Å². The first-order valence-electron chi connectivity index (χ1n) is 14.7. The van der Waals surface area contributed by atoms with Crippen molar-refractivity contribution < 1.29 is 28.8 Å². The first-order valence-corrected chi connectivity index (χ1v) is 14.7. The molecule has 47 heavy (non-hydrogen) atoms. The minimum Gasteiger partial charge on any atom is -0.493 e. The number of benzene rings is 4. The molecule has 0 bridgehead atoms. The van der Waals surface area contributed by atoms with Crippen LogP contribution in [-0.2, 0) is 0 Å². The molecule has 14 heteroatoms. The maximum absolute atomic E-state index is 11.1. The van der Waals surface area contributed by atoms with Crippen LogP contribution in [0.3, 0.4) is 0 Å². The summed E-state index contributed by atoms with van der Waals surface area (Å²) in [6.45, 7) is 0.978. The van der Waals surface area contributed by atoms with Crippen LogP contribution in [0.4, 0.5) is 11.4 Å². The van der Waals surface area contributed by atoms with Crippen LogP contribution in [0.2, 0.25) is 0 Å². The van der Waals surface area contributed by atoms with E-state index in [2.05, 4.69) is 19.9 Å². The number of rotatable bonds is 14. The van der Waals surface area contributed by atoms with Gasteiger partial charge in [-0.1, -0.05) is 0 Å². The minimum absolute atomic E-state index is 0.00622. The molecule has 0 saturated heterocycles. The van der Waals surface area contributed by atoms with E-state index in [-0.39, 0.29) is 11.4 Å². The highest BCUT2D eigenvalue weighted by Crippen LogP contribution is 2.34. The summed E-state index contributed by atoms with van der Waals surface area (Å²) in [5.41, 5.74) is 3.92. The zero-order valence-electron chi connectivity index (χ0n) is 25.5. The van der Waals surface area contributed by atoms with Crippen LogP contribution in [0, 0.1) is 20.2 Å². The van der Waals surface area contributed by atoms with Crippen LogP contribution < -0.4 is 18.9 Å². The highest BCUT2D eigenvalue weighted by molar-refractivity contribution is 5.83. The number of ether oxygens (including phenoxy) is 4. The van der Waals surface area contributed by atoms with Crippen LogP contribution in [0.5, 0.6) is 23.0 Å². The van der Waals surface area contributed by atoms with E-state index in [0.29, 0.717) is 69.9 Å². The molecule has 0 aliphatic carbocycles. The van der Waals surface area contributed by atoms with E-state index in [1.807, 2.05) is 36.4 Å². The second-order valence-electron chi connectivity index (χ2n) is 10.6. The topological polar surface area (TPSA) is 181 Å². The fraction of sp³-hybridized carbons (Fsp3) is 0.212. The fourth-order valence-electron chi connectivity index (χ4n) is 5.11. The van der Waals surface area contributed by atoms with Gasteiger partial charge < -0.3 is 28.9 Å². The summed E-state index contributed by atoms with van der Waals surface area (Å²) in [5, 5.41) is 22.2. The Morgan fingerprint density at radius 1 is 0.596 bits per heavy atom. The van der Waals surface area contributed by atoms with Crippen molar-refractivity contribution in [3.63, 3.8) is 0 Å². The summed E-state index contributed by atoms with van der Waals surface area (Å²) < 4.78 is 23.1. The average molecular weight is 639 g/mol. The highest BCUT2D eigenvalue weighted by atomic mass is 16.6. The zero-order valence-corrected chi connectivity index (χ0v) is 25.5. The quantitative estimate of drug-likeness (QED) is 0.0701. The number of aromatic amines is 2. The molecule has 0 fully saturated rings. The number of hydrogen-bond acceptors (Lipinski definition) is 10. The van der Waals surface area contributed by atoms with Crippen LogP contribution >= 0.6 is 0 Å². The van der Waals surface area contributed by atoms with Gasteiger partial charge in [-0.2, -0.15) is 0 Å².